The third kappa shape index (κ3) is 6.00. The largest absolute Gasteiger partial charge is 0.309 e. The van der Waals surface area contributed by atoms with Crippen molar-refractivity contribution in [3.05, 3.63) is 231 Å². The molecule has 12 rings (SSSR count). The van der Waals surface area contributed by atoms with Crippen LogP contribution in [0.3, 0.4) is 0 Å². The van der Waals surface area contributed by atoms with Crippen molar-refractivity contribution < 1.29 is 0 Å². The van der Waals surface area contributed by atoms with Crippen molar-refractivity contribution in [3.63, 3.8) is 0 Å². The van der Waals surface area contributed by atoms with Crippen LogP contribution in [0.1, 0.15) is 0 Å². The summed E-state index contributed by atoms with van der Waals surface area (Å²) in [5.74, 6) is 0.712. The number of aromatic nitrogens is 4. The molecule has 0 N–H and O–H groups in total. The Morgan fingerprint density at radius 1 is 0.274 bits per heavy atom. The monoisotopic (exact) mass is 790 g/mol. The van der Waals surface area contributed by atoms with Crippen molar-refractivity contribution in [1.82, 2.24) is 19.1 Å². The number of hydrogen-bond acceptors (Lipinski definition) is 2. The number of fused-ring (bicyclic) bond motifs is 6. The molecule has 62 heavy (non-hydrogen) atoms. The van der Waals surface area contributed by atoms with Crippen molar-refractivity contribution in [3.8, 4) is 67.5 Å². The fourth-order valence-corrected chi connectivity index (χ4v) is 9.26. The van der Waals surface area contributed by atoms with E-state index >= 15 is 0 Å². The van der Waals surface area contributed by atoms with Crippen LogP contribution in [0.15, 0.2) is 231 Å². The van der Waals surface area contributed by atoms with E-state index in [0.29, 0.717) is 5.82 Å². The van der Waals surface area contributed by atoms with Gasteiger partial charge in [0.25, 0.3) is 0 Å². The molecule has 0 bridgehead atoms. The lowest BCUT2D eigenvalue weighted by molar-refractivity contribution is 1.18. The molecule has 9 aromatic carbocycles. The minimum atomic E-state index is 0.712. The Labute approximate surface area is 359 Å². The zero-order valence-electron chi connectivity index (χ0n) is 33.7. The summed E-state index contributed by atoms with van der Waals surface area (Å²) in [7, 11) is 0. The summed E-state index contributed by atoms with van der Waals surface area (Å²) in [5.41, 5.74) is 16.6. The van der Waals surface area contributed by atoms with Gasteiger partial charge in [-0.05, 0) is 82.9 Å². The highest BCUT2D eigenvalue weighted by Crippen LogP contribution is 2.41. The van der Waals surface area contributed by atoms with Crippen LogP contribution in [-0.4, -0.2) is 19.1 Å². The van der Waals surface area contributed by atoms with Crippen molar-refractivity contribution >= 4 is 43.6 Å². The molecule has 4 nitrogen and oxygen atoms in total. The Hall–Kier alpha value is -8.34. The van der Waals surface area contributed by atoms with Gasteiger partial charge in [-0.2, -0.15) is 0 Å². The molecule has 0 aliphatic rings. The average molecular weight is 791 g/mol. The van der Waals surface area contributed by atoms with E-state index in [1.165, 1.54) is 60.3 Å². The molecule has 0 aliphatic heterocycles. The molecule has 0 radical (unpaired) electrons. The maximum absolute atomic E-state index is 5.08. The summed E-state index contributed by atoms with van der Waals surface area (Å²) < 4.78 is 4.79. The van der Waals surface area contributed by atoms with E-state index in [-0.39, 0.29) is 0 Å². The minimum absolute atomic E-state index is 0.712. The van der Waals surface area contributed by atoms with Gasteiger partial charge in [-0.1, -0.05) is 170 Å². The van der Waals surface area contributed by atoms with E-state index in [0.717, 1.165) is 45.0 Å². The third-order valence-electron chi connectivity index (χ3n) is 12.1. The highest BCUT2D eigenvalue weighted by atomic mass is 15.0. The SMILES string of the molecule is c1ccc(-c2cc(-c3ccc(-c4cccc5c4c4ccccc4n5-c4cccc(-c5ccc6c(c5)c5ccccc5n6-c5ccccc5)c4)cc3)nc(-c3ccccc3)n2)cc1. The predicted octanol–water partition coefficient (Wildman–Crippen LogP) is 15.0. The van der Waals surface area contributed by atoms with Gasteiger partial charge in [0.2, 0.25) is 0 Å². The molecule has 0 aliphatic carbocycles. The van der Waals surface area contributed by atoms with Crippen LogP contribution in [-0.2, 0) is 0 Å². The van der Waals surface area contributed by atoms with Crippen molar-refractivity contribution in [2.75, 3.05) is 0 Å². The lowest BCUT2D eigenvalue weighted by atomic mass is 9.97. The summed E-state index contributed by atoms with van der Waals surface area (Å²) in [6.45, 7) is 0. The maximum Gasteiger partial charge on any atom is 0.160 e. The zero-order valence-corrected chi connectivity index (χ0v) is 33.7. The maximum atomic E-state index is 5.08. The van der Waals surface area contributed by atoms with Gasteiger partial charge >= 0.3 is 0 Å². The van der Waals surface area contributed by atoms with Crippen LogP contribution in [0, 0.1) is 0 Å². The lowest BCUT2D eigenvalue weighted by Gasteiger charge is -2.12. The van der Waals surface area contributed by atoms with Gasteiger partial charge in [0, 0.05) is 49.6 Å². The van der Waals surface area contributed by atoms with Crippen LogP contribution in [0.2, 0.25) is 0 Å². The summed E-state index contributed by atoms with van der Waals surface area (Å²) >= 11 is 0. The summed E-state index contributed by atoms with van der Waals surface area (Å²) in [5, 5.41) is 4.95. The molecule has 0 saturated carbocycles. The molecule has 4 heteroatoms. The van der Waals surface area contributed by atoms with Gasteiger partial charge in [0.1, 0.15) is 0 Å². The first-order valence-corrected chi connectivity index (χ1v) is 21.1. The van der Waals surface area contributed by atoms with Crippen LogP contribution in [0.5, 0.6) is 0 Å². The second kappa shape index (κ2) is 14.7. The van der Waals surface area contributed by atoms with E-state index in [1.807, 2.05) is 24.3 Å². The molecule has 0 unspecified atom stereocenters. The number of benzene rings is 9. The average Bonchev–Trinajstić information content (AvgIpc) is 3.88. The Bertz CT molecular complexity index is 3550. The number of para-hydroxylation sites is 3. The Kier molecular flexibility index (Phi) is 8.46. The van der Waals surface area contributed by atoms with Crippen molar-refractivity contribution in [2.24, 2.45) is 0 Å². The van der Waals surface area contributed by atoms with E-state index in [9.17, 15) is 0 Å². The molecular weight excluding hydrogens is 753 g/mol. The summed E-state index contributed by atoms with van der Waals surface area (Å²) in [6, 6.07) is 82.2. The molecule has 0 atom stereocenters. The third-order valence-corrected chi connectivity index (χ3v) is 12.1. The topological polar surface area (TPSA) is 35.6 Å². The molecule has 0 fully saturated rings. The first-order chi connectivity index (χ1) is 30.7. The second-order valence-corrected chi connectivity index (χ2v) is 15.8. The van der Waals surface area contributed by atoms with Gasteiger partial charge in [-0.15, -0.1) is 0 Å². The minimum Gasteiger partial charge on any atom is -0.309 e. The molecule has 0 saturated heterocycles. The number of rotatable bonds is 7. The fraction of sp³-hybridized carbons (Fsp3) is 0. The second-order valence-electron chi connectivity index (χ2n) is 15.8. The molecule has 0 amide bonds. The smallest absolute Gasteiger partial charge is 0.160 e. The van der Waals surface area contributed by atoms with Gasteiger partial charge < -0.3 is 9.13 Å². The molecule has 290 valence electrons. The fourth-order valence-electron chi connectivity index (χ4n) is 9.26. The van der Waals surface area contributed by atoms with E-state index in [1.54, 1.807) is 0 Å². The molecule has 3 heterocycles. The molecule has 3 aromatic heterocycles. The van der Waals surface area contributed by atoms with Gasteiger partial charge in [-0.25, -0.2) is 9.97 Å². The summed E-state index contributed by atoms with van der Waals surface area (Å²) in [6.07, 6.45) is 0. The number of hydrogen-bond donors (Lipinski definition) is 0. The van der Waals surface area contributed by atoms with Crippen LogP contribution in [0.4, 0.5) is 0 Å². The van der Waals surface area contributed by atoms with E-state index in [4.69, 9.17) is 9.97 Å². The van der Waals surface area contributed by atoms with E-state index in [2.05, 4.69) is 215 Å². The van der Waals surface area contributed by atoms with Crippen LogP contribution < -0.4 is 0 Å². The molecule has 12 aromatic rings. The standard InChI is InChI=1S/C58H38N4/c1-4-16-40(17-5-1)51-38-52(60-58(59-51)42-18-6-2-7-19-42)41-32-30-39(31-33-41)47-26-15-29-56-57(47)49-25-11-13-28-54(49)62(56)46-23-14-20-43(36-46)44-34-35-55-50(37-44)48-24-10-12-27-53(48)61(55)45-21-8-3-9-22-45/h1-38H. The zero-order chi connectivity index (χ0) is 41.0. The normalized spacial score (nSPS) is 11.5. The first-order valence-electron chi connectivity index (χ1n) is 21.1. The first kappa shape index (κ1) is 35.6. The van der Waals surface area contributed by atoms with Gasteiger partial charge in [0.15, 0.2) is 5.82 Å². The summed E-state index contributed by atoms with van der Waals surface area (Å²) in [4.78, 5) is 10.1. The predicted molar refractivity (Wildman–Crippen MR) is 258 cm³/mol. The van der Waals surface area contributed by atoms with Crippen LogP contribution in [0.25, 0.3) is 111 Å². The highest BCUT2D eigenvalue weighted by Gasteiger charge is 2.18. The molecular formula is C58H38N4. The Morgan fingerprint density at radius 3 is 1.50 bits per heavy atom. The van der Waals surface area contributed by atoms with Crippen LogP contribution >= 0.6 is 0 Å². The van der Waals surface area contributed by atoms with Crippen molar-refractivity contribution in [1.29, 1.82) is 0 Å². The van der Waals surface area contributed by atoms with Gasteiger partial charge in [0.05, 0.1) is 33.5 Å². The Balaban J connectivity index is 0.951. The van der Waals surface area contributed by atoms with Crippen molar-refractivity contribution in [2.45, 2.75) is 0 Å². The quantitative estimate of drug-likeness (QED) is 0.161. The number of nitrogens with zero attached hydrogens (tertiary/aromatic N) is 4. The van der Waals surface area contributed by atoms with E-state index < -0.39 is 0 Å². The highest BCUT2D eigenvalue weighted by molar-refractivity contribution is 6.16. The van der Waals surface area contributed by atoms with Gasteiger partial charge in [-0.3, -0.25) is 0 Å². The lowest BCUT2D eigenvalue weighted by Crippen LogP contribution is -1.96. The molecule has 0 spiro atoms. The Morgan fingerprint density at radius 2 is 0.758 bits per heavy atom.